The van der Waals surface area contributed by atoms with Gasteiger partial charge in [-0.1, -0.05) is 317 Å². The van der Waals surface area contributed by atoms with Crippen LogP contribution in [-0.4, -0.2) is 59.1 Å². The largest absolute Gasteiger partial charge is 0.489 e. The van der Waals surface area contributed by atoms with Gasteiger partial charge in [0.25, 0.3) is 0 Å². The first-order chi connectivity index (χ1) is 59.8. The molecule has 11 heteroatoms. The van der Waals surface area contributed by atoms with Crippen LogP contribution in [0.3, 0.4) is 0 Å². The van der Waals surface area contributed by atoms with Crippen LogP contribution >= 0.6 is 15.9 Å². The van der Waals surface area contributed by atoms with E-state index in [-0.39, 0.29) is 13.2 Å². The average molecular weight is 1810 g/mol. The molecular weight excluding hydrogens is 1650 g/mol. The van der Waals surface area contributed by atoms with E-state index in [9.17, 15) is 16.8 Å². The summed E-state index contributed by atoms with van der Waals surface area (Å²) in [6.45, 7) is 55.7. The fraction of sp³-hybridized carbons (Fsp3) is 0.426. The number of fused-ring (bicyclic) bond motifs is 2. The zero-order valence-corrected chi connectivity index (χ0v) is 83.2. The number of benzene rings is 6. The summed E-state index contributed by atoms with van der Waals surface area (Å²) in [6, 6.07) is 33.4. The maximum atomic E-state index is 14.3. The van der Waals surface area contributed by atoms with E-state index in [1.807, 2.05) is 88.4 Å². The molecule has 6 aromatic carbocycles. The van der Waals surface area contributed by atoms with Gasteiger partial charge in [0, 0.05) is 37.5 Å². The molecule has 0 saturated heterocycles. The highest BCUT2D eigenvalue weighted by Gasteiger charge is 2.29. The summed E-state index contributed by atoms with van der Waals surface area (Å²) in [4.78, 5) is 1.28. The Morgan fingerprint density at radius 3 is 0.921 bits per heavy atom. The molecule has 0 aliphatic rings. The van der Waals surface area contributed by atoms with Gasteiger partial charge in [-0.2, -0.15) is 0 Å². The Kier molecular flexibility index (Phi) is 54.9. The molecule has 8 nitrogen and oxygen atoms in total. The van der Waals surface area contributed by atoms with Crippen LogP contribution in [0, 0.1) is 13.8 Å². The number of sulfone groups is 2. The zero-order chi connectivity index (χ0) is 92.1. The Morgan fingerprint density at radius 2 is 0.611 bits per heavy atom. The molecule has 0 aliphatic carbocycles. The predicted octanol–water partition coefficient (Wildman–Crippen LogP) is 33.9. The molecule has 0 spiro atoms. The monoisotopic (exact) mass is 1810 g/mol. The molecule has 2 atom stereocenters. The minimum absolute atomic E-state index is 0. The first kappa shape index (κ1) is 111. The Hall–Kier alpha value is -9.00. The van der Waals surface area contributed by atoms with Crippen molar-refractivity contribution in [3.8, 4) is 23.0 Å². The number of halogens is 1. The second-order valence-corrected chi connectivity index (χ2v) is 40.0. The molecule has 0 N–H and O–H groups in total. The van der Waals surface area contributed by atoms with Crippen molar-refractivity contribution in [3.05, 3.63) is 334 Å². The Labute approximate surface area is 775 Å². The highest BCUT2D eigenvalue weighted by atomic mass is 79.9. The molecule has 0 bridgehead atoms. The lowest BCUT2D eigenvalue weighted by Crippen LogP contribution is -2.22. The molecule has 2 unspecified atom stereocenters. The van der Waals surface area contributed by atoms with Crippen molar-refractivity contribution in [2.24, 2.45) is 0 Å². The van der Waals surface area contributed by atoms with Gasteiger partial charge < -0.3 is 18.9 Å². The van der Waals surface area contributed by atoms with Gasteiger partial charge in [-0.05, 0) is 301 Å². The van der Waals surface area contributed by atoms with Gasteiger partial charge in [0.15, 0.2) is 19.7 Å². The van der Waals surface area contributed by atoms with Crippen LogP contribution in [0.2, 0.25) is 0 Å². The second kappa shape index (κ2) is 62.2. The smallest absolute Gasteiger partial charge is 0.185 e. The Bertz CT molecular complexity index is 5050. The zero-order valence-electron chi connectivity index (χ0n) is 79.9. The molecule has 0 fully saturated rings. The molecule has 0 aromatic heterocycles. The molecule has 0 radical (unpaired) electrons. The summed E-state index contributed by atoms with van der Waals surface area (Å²) in [5.74, 6) is 3.06. The van der Waals surface area contributed by atoms with Crippen LogP contribution in [-0.2, 0) is 32.5 Å². The van der Waals surface area contributed by atoms with Crippen LogP contribution in [0.15, 0.2) is 321 Å². The SMILES string of the molecule is C.C=CCOc1c(C)c(C/C=C(\C)C(C/C=C(\C)CC/C=C(\C)CC/C=C(\C)CC/C=C(\C)CC/C=C(\C)CCC=C(C)C)S(=O)(=O)c2ccccc2)c(OCC=C)c2ccccc12.C=CCOc1c(C)c(C/C=C(\C)CS(=O)(=O)c2ccccc2)c(OCC=C)c2ccccc12.CC(C)=CCC/C(C)=C/CC/C(C)=C/CC/C(C)=C/CC/C(C)=C/CCC(C)Br. The van der Waals surface area contributed by atoms with Crippen molar-refractivity contribution in [3.63, 3.8) is 0 Å². The second-order valence-electron chi connectivity index (χ2n) is 34.3. The third-order valence-electron chi connectivity index (χ3n) is 22.2. The Morgan fingerprint density at radius 1 is 0.341 bits per heavy atom. The lowest BCUT2D eigenvalue weighted by Gasteiger charge is -2.21. The van der Waals surface area contributed by atoms with Gasteiger partial charge in [0.05, 0.1) is 20.8 Å². The van der Waals surface area contributed by atoms with E-state index in [1.165, 1.54) is 126 Å². The summed E-state index contributed by atoms with van der Waals surface area (Å²) >= 11 is 3.62. The molecule has 0 heterocycles. The summed E-state index contributed by atoms with van der Waals surface area (Å²) in [6.07, 6.45) is 61.0. The number of ether oxygens (including phenoxy) is 4. The van der Waals surface area contributed by atoms with E-state index < -0.39 is 24.9 Å². The van der Waals surface area contributed by atoms with Gasteiger partial charge in [-0.3, -0.25) is 0 Å². The van der Waals surface area contributed by atoms with E-state index >= 15 is 0 Å². The minimum atomic E-state index is -3.68. The van der Waals surface area contributed by atoms with Crippen molar-refractivity contribution in [1.29, 1.82) is 0 Å². The van der Waals surface area contributed by atoms with E-state index in [1.54, 1.807) is 78.9 Å². The van der Waals surface area contributed by atoms with E-state index in [0.717, 1.165) is 142 Å². The average Bonchev–Trinajstić information content (AvgIpc) is 0.768. The molecule has 6 aromatic rings. The summed E-state index contributed by atoms with van der Waals surface area (Å²) in [5.41, 5.74) is 21.4. The predicted molar refractivity (Wildman–Crippen MR) is 556 cm³/mol. The summed E-state index contributed by atoms with van der Waals surface area (Å²) < 4.78 is 78.8. The number of alkyl halides is 1. The fourth-order valence-electron chi connectivity index (χ4n) is 14.7. The molecule has 126 heavy (non-hydrogen) atoms. The van der Waals surface area contributed by atoms with Crippen molar-refractivity contribution in [2.45, 2.75) is 300 Å². The van der Waals surface area contributed by atoms with Crippen LogP contribution in [0.1, 0.15) is 275 Å². The van der Waals surface area contributed by atoms with Gasteiger partial charge in [0.2, 0.25) is 0 Å². The van der Waals surface area contributed by atoms with E-state index in [4.69, 9.17) is 18.9 Å². The molecule has 0 saturated carbocycles. The topological polar surface area (TPSA) is 105 Å². The van der Waals surface area contributed by atoms with Gasteiger partial charge in [0.1, 0.15) is 49.4 Å². The van der Waals surface area contributed by atoms with Crippen molar-refractivity contribution < 1.29 is 35.8 Å². The number of allylic oxidation sites excluding steroid dienone is 24. The first-order valence-corrected chi connectivity index (χ1v) is 49.6. The van der Waals surface area contributed by atoms with Gasteiger partial charge in [-0.15, -0.1) is 0 Å². The normalized spacial score (nSPS) is 13.5. The highest BCUT2D eigenvalue weighted by molar-refractivity contribution is 9.09. The number of hydrogen-bond acceptors (Lipinski definition) is 8. The fourth-order valence-corrected chi connectivity index (χ4v) is 18.2. The molecule has 0 amide bonds. The lowest BCUT2D eigenvalue weighted by atomic mass is 9.95. The lowest BCUT2D eigenvalue weighted by molar-refractivity contribution is 0.354. The van der Waals surface area contributed by atoms with Crippen LogP contribution < -0.4 is 18.9 Å². The highest BCUT2D eigenvalue weighted by Crippen LogP contribution is 2.44. The number of rotatable bonds is 54. The van der Waals surface area contributed by atoms with Crippen LogP contribution in [0.4, 0.5) is 0 Å². The van der Waals surface area contributed by atoms with E-state index in [0.29, 0.717) is 60.3 Å². The van der Waals surface area contributed by atoms with Crippen molar-refractivity contribution >= 4 is 57.1 Å². The summed E-state index contributed by atoms with van der Waals surface area (Å²) in [5, 5.41) is 3.10. The molecular formula is C115H159BrO8S2. The van der Waals surface area contributed by atoms with Crippen molar-refractivity contribution in [2.75, 3.05) is 32.2 Å². The first-order valence-electron chi connectivity index (χ1n) is 45.5. The number of hydrogen-bond donors (Lipinski definition) is 0. The maximum Gasteiger partial charge on any atom is 0.185 e. The van der Waals surface area contributed by atoms with Gasteiger partial charge in [-0.25, -0.2) is 16.8 Å². The van der Waals surface area contributed by atoms with E-state index in [2.05, 4.69) is 212 Å². The van der Waals surface area contributed by atoms with Crippen molar-refractivity contribution in [1.82, 2.24) is 0 Å². The van der Waals surface area contributed by atoms with Crippen LogP contribution in [0.25, 0.3) is 21.5 Å². The van der Waals surface area contributed by atoms with Crippen LogP contribution in [0.5, 0.6) is 23.0 Å². The molecule has 0 aliphatic heterocycles. The Balaban J connectivity index is 0.000000543. The summed E-state index contributed by atoms with van der Waals surface area (Å²) in [7, 11) is -7.08. The minimum Gasteiger partial charge on any atom is -0.489 e. The third kappa shape index (κ3) is 42.7. The molecule has 686 valence electrons. The third-order valence-corrected chi connectivity index (χ3v) is 26.8. The standard InChI is InChI=1S/C58H78O4S.C28H47Br.C28H30O4S.CH4/c1-12-42-61-57-51(11)53(58(62-43-13-2)55-37-18-17-36-54(55)57)40-39-50(10)56(63(59,60)52-34-15-14-16-35-52)41-38-49(9)33-23-32-48(8)31-22-30-47(7)29-21-28-46(6)27-20-26-45(5)25-19-24-44(3)4;1-23(2)13-8-14-24(3)15-9-16-25(4)17-10-18-26(5)19-11-20-27(6)21-12-22-28(7)29;1-5-18-31-27-22(4)24(28(32-19-6-2)26-15-11-10-14-25(26)27)17-16-21(3)20-33(29,30)23-12-8-7-9-13-23;/h12-18,24,26,28,30,32,34-39,56H,1-2,19-23,25,27,29,31,33,40-43H2,3-11H3;13,15,17,19,21,28H,8-12,14,16,18,20,22H2,1-7H3;5-16H,1-2,17-20H2,3-4H3;1H4/b45-26+,46-28+,47-30+,48-32+,49-38+,50-39+;24-15+,25-17+,26-19+,27-21+;21-16+;. The van der Waals surface area contributed by atoms with Gasteiger partial charge >= 0.3 is 0 Å². The molecule has 6 rings (SSSR count). The maximum absolute atomic E-state index is 14.3. The quantitative estimate of drug-likeness (QED) is 0.0275.